The first-order valence-corrected chi connectivity index (χ1v) is 15.8. The molecule has 0 aromatic carbocycles. The molecule has 0 heterocycles. The number of hydrogen-bond donors (Lipinski definition) is 0. The van der Waals surface area contributed by atoms with Crippen molar-refractivity contribution in [1.82, 2.24) is 0 Å². The molecule has 0 aliphatic heterocycles. The fraction of sp³-hybridized carbons (Fsp3) is 0.400. The molecule has 21 heteroatoms. The predicted molar refractivity (Wildman–Crippen MR) is 205 cm³/mol. The molecule has 0 N–H and O–H groups in total. The summed E-state index contributed by atoms with van der Waals surface area (Å²) in [4.78, 5) is 0. The van der Waals surface area contributed by atoms with Crippen LogP contribution >= 0.6 is 37.6 Å². The van der Waals surface area contributed by atoms with Crippen LogP contribution in [0.3, 0.4) is 0 Å². The lowest BCUT2D eigenvalue weighted by Crippen LogP contribution is -1.84. The summed E-state index contributed by atoms with van der Waals surface area (Å²) in [5.41, 5.74) is 0. The smallest absolute Gasteiger partial charge is 0.232 e. The van der Waals surface area contributed by atoms with E-state index >= 15 is 0 Å². The van der Waals surface area contributed by atoms with Crippen LogP contribution in [0.5, 0.6) is 0 Å². The molecule has 16 nitrogen and oxygen atoms in total. The third-order valence-electron chi connectivity index (χ3n) is 3.16. The maximum absolute atomic E-state index is 9.70. The molecule has 0 aliphatic carbocycles. The highest BCUT2D eigenvalue weighted by atomic mass is 31.3. The second-order valence-electron chi connectivity index (χ2n) is 4.72. The van der Waals surface area contributed by atoms with Crippen molar-refractivity contribution in [3.63, 3.8) is 0 Å². The van der Waals surface area contributed by atoms with Gasteiger partial charge in [0.2, 0.25) is 0 Å². The first kappa shape index (κ1) is 61.9. The van der Waals surface area contributed by atoms with E-state index in [9.17, 15) is 10.5 Å². The number of nitriles is 2. The van der Waals surface area contributed by atoms with Crippen LogP contribution in [0.25, 0.3) is 0 Å². The summed E-state index contributed by atoms with van der Waals surface area (Å²) >= 11 is 0. The Bertz CT molecular complexity index is 1040. The van der Waals surface area contributed by atoms with Gasteiger partial charge in [-0.15, -0.1) is 0 Å². The molecule has 0 aromatic heterocycles. The molecule has 0 rings (SSSR count). The molecule has 0 saturated heterocycles. The highest BCUT2D eigenvalue weighted by molar-refractivity contribution is 7.91. The Morgan fingerprint density at radius 1 is 0.366 bits per heavy atom. The number of hydrogen-bond acceptors (Lipinski definition) is 6. The first-order chi connectivity index (χ1) is 15.6. The van der Waals surface area contributed by atoms with Gasteiger partial charge in [0.25, 0.3) is 0 Å². The number of nitrogens with zero attached hydrogens (tertiary/aromatic N) is 16. The number of rotatable bonds is 14. The van der Waals surface area contributed by atoms with Gasteiger partial charge < -0.3 is 0 Å². The van der Waals surface area contributed by atoms with Crippen LogP contribution in [0.4, 0.5) is 0 Å². The first-order valence-electron chi connectivity index (χ1n) is 7.66. The Morgan fingerprint density at radius 2 is 0.561 bits per heavy atom. The topological polar surface area (TPSA) is 221 Å². The summed E-state index contributed by atoms with van der Waals surface area (Å²) in [6.07, 6.45) is 0. The summed E-state index contributed by atoms with van der Waals surface area (Å²) in [7, 11) is -18.9. The van der Waals surface area contributed by atoms with E-state index in [0.29, 0.717) is 0 Å². The minimum absolute atomic E-state index is 0. The Hall–Kier alpha value is -2.97. The van der Waals surface area contributed by atoms with Crippen LogP contribution in [0.1, 0.15) is 59.4 Å². The maximum atomic E-state index is 9.70. The van der Waals surface area contributed by atoms with Crippen molar-refractivity contribution < 1.29 is 0 Å². The van der Waals surface area contributed by atoms with E-state index in [1.54, 1.807) is 11.6 Å². The zero-order valence-corrected chi connectivity index (χ0v) is 21.9. The van der Waals surface area contributed by atoms with Gasteiger partial charge >= 0.3 is 37.6 Å². The highest BCUT2D eigenvalue weighted by Gasteiger charge is 2.52. The van der Waals surface area contributed by atoms with Crippen molar-refractivity contribution in [1.29, 1.82) is 10.5 Å². The molecule has 41 heavy (non-hydrogen) atoms. The fourth-order valence-corrected chi connectivity index (χ4v) is 13.2. The third kappa shape index (κ3) is 14.0. The minimum atomic E-state index is -4.27. The van der Waals surface area contributed by atoms with Crippen LogP contribution in [0.2, 0.25) is 0 Å². The van der Waals surface area contributed by atoms with E-state index in [1.807, 2.05) is 0 Å². The average molecular weight is 672 g/mol. The van der Waals surface area contributed by atoms with Gasteiger partial charge in [0.05, 0.1) is 0 Å². The van der Waals surface area contributed by atoms with E-state index in [0.717, 1.165) is 0 Å². The second kappa shape index (κ2) is 26.0. The fourth-order valence-electron chi connectivity index (χ4n) is 1.57. The Balaban J connectivity index is -0.000000183. The molecule has 0 unspecified atom stereocenters. The van der Waals surface area contributed by atoms with E-state index in [2.05, 4.69) is 133 Å². The standard InChI is InChI=1S/C12H20N16P5.8CH4/c1-15-29(11-13,12-14)25-33(26-30(16-2,17-3)18-4,27-31(19-5,20-6)21-7)28-32(22-8,23-9)24-10;;;;;;;;/h1-10H2;8*1H4/q+1;;;;;;;;. The van der Waals surface area contributed by atoms with Crippen LogP contribution in [0.15, 0.2) is 65.7 Å². The largest absolute Gasteiger partial charge is 0.507 e. The van der Waals surface area contributed by atoms with Crippen molar-refractivity contribution in [2.75, 3.05) is 0 Å². The van der Waals surface area contributed by atoms with Gasteiger partial charge in [0.15, 0.2) is 0 Å². The van der Waals surface area contributed by atoms with E-state index in [1.165, 1.54) is 0 Å². The van der Waals surface area contributed by atoms with Crippen molar-refractivity contribution in [2.45, 2.75) is 59.4 Å². The Kier molecular flexibility index (Phi) is 39.2. The summed E-state index contributed by atoms with van der Waals surface area (Å²) in [5, 5.41) is 19.4. The van der Waals surface area contributed by atoms with Crippen LogP contribution in [0, 0.1) is 22.1 Å². The highest BCUT2D eigenvalue weighted by Crippen LogP contribution is 2.85. The molecule has 0 aliphatic rings. The minimum Gasteiger partial charge on any atom is -0.232 e. The molecule has 0 atom stereocenters. The summed E-state index contributed by atoms with van der Waals surface area (Å²) in [6, 6.07) is 0. The molecule has 0 radical (unpaired) electrons. The van der Waals surface area contributed by atoms with Gasteiger partial charge in [-0.2, -0.15) is 10.5 Å². The van der Waals surface area contributed by atoms with Gasteiger partial charge in [-0.1, -0.05) is 59.4 Å². The monoisotopic (exact) mass is 671 g/mol. The molecule has 0 bridgehead atoms. The molecule has 0 spiro atoms. The molecule has 236 valence electrons. The van der Waals surface area contributed by atoms with Gasteiger partial charge in [-0.3, -0.25) is 0 Å². The van der Waals surface area contributed by atoms with Gasteiger partial charge in [0.1, 0.15) is 11.6 Å². The summed E-state index contributed by atoms with van der Waals surface area (Å²) in [5.74, 6) is 3.42. The van der Waals surface area contributed by atoms with E-state index < -0.39 is 37.6 Å². The SMILES string of the molecule is C.C.C.C.C.C.C.C.C=NP(C#N)(C#N)=N[P+](N=P(N=C)(N=C)N=C)(N=P(N=C)(N=C)N=C)N=P(N=C)(N=C)N=C. The van der Waals surface area contributed by atoms with Crippen LogP contribution in [-0.2, 0) is 0 Å². The zero-order valence-electron chi connectivity index (χ0n) is 17.5. The van der Waals surface area contributed by atoms with Gasteiger partial charge in [-0.05, 0) is 85.2 Å². The third-order valence-corrected chi connectivity index (χ3v) is 15.3. The molecular formula is C20H52N16P5+. The van der Waals surface area contributed by atoms with E-state index in [-0.39, 0.29) is 59.4 Å². The van der Waals surface area contributed by atoms with Gasteiger partial charge in [-0.25, -0.2) is 47.6 Å². The Morgan fingerprint density at radius 3 is 0.683 bits per heavy atom. The van der Waals surface area contributed by atoms with Crippen LogP contribution < -0.4 is 0 Å². The predicted octanol–water partition coefficient (Wildman–Crippen LogP) is 11.7. The van der Waals surface area contributed by atoms with Crippen molar-refractivity contribution in [3.05, 3.63) is 0 Å². The molecule has 0 amide bonds. The lowest BCUT2D eigenvalue weighted by Gasteiger charge is -2.15. The Labute approximate surface area is 251 Å². The van der Waals surface area contributed by atoms with E-state index in [4.69, 9.17) is 0 Å². The zero-order chi connectivity index (χ0) is 25.8. The lowest BCUT2D eigenvalue weighted by atomic mass is 11.7. The average Bonchev–Trinajstić information content (AvgIpc) is 2.88. The second-order valence-corrected chi connectivity index (χ2v) is 16.3. The van der Waals surface area contributed by atoms with Crippen molar-refractivity contribution in [3.8, 4) is 11.6 Å². The quantitative estimate of drug-likeness (QED) is 0.130. The normalized spacial score (nSPS) is 9.32. The van der Waals surface area contributed by atoms with Crippen molar-refractivity contribution in [2.24, 2.45) is 65.7 Å². The lowest BCUT2D eigenvalue weighted by molar-refractivity contribution is 1.45. The molecule has 0 fully saturated rings. The van der Waals surface area contributed by atoms with Gasteiger partial charge in [0, 0.05) is 0 Å². The van der Waals surface area contributed by atoms with Crippen molar-refractivity contribution >= 4 is 105 Å². The molecule has 0 aromatic rings. The molecular weight excluding hydrogens is 619 g/mol. The molecule has 0 saturated carbocycles. The van der Waals surface area contributed by atoms with Crippen LogP contribution in [-0.4, -0.2) is 67.2 Å². The summed E-state index contributed by atoms with van der Waals surface area (Å²) < 4.78 is 55.2. The maximum Gasteiger partial charge on any atom is 0.507 e. The summed E-state index contributed by atoms with van der Waals surface area (Å²) in [6.45, 7) is 34.0.